The number of hydrogen-bond donors (Lipinski definition) is 2. The molecule has 3 saturated carbocycles. The smallest absolute Gasteiger partial charge is 0.256 e. The van der Waals surface area contributed by atoms with Gasteiger partial charge in [-0.05, 0) is 70.3 Å². The van der Waals surface area contributed by atoms with E-state index in [1.165, 1.54) is 19.3 Å². The number of likely N-dealkylation sites (tertiary alicyclic amines) is 1. The molecule has 0 spiro atoms. The Labute approximate surface area is 325 Å². The highest BCUT2D eigenvalue weighted by Gasteiger charge is 2.62. The van der Waals surface area contributed by atoms with Gasteiger partial charge in [0.1, 0.15) is 6.17 Å². The normalized spacial score (nSPS) is 41.2. The van der Waals surface area contributed by atoms with Gasteiger partial charge in [0.05, 0.1) is 54.8 Å². The molecule has 0 aromatic heterocycles. The van der Waals surface area contributed by atoms with E-state index in [2.05, 4.69) is 42.2 Å². The van der Waals surface area contributed by atoms with Crippen molar-refractivity contribution in [3.05, 3.63) is 11.8 Å². The molecule has 0 aromatic carbocycles. The van der Waals surface area contributed by atoms with Gasteiger partial charge in [0.15, 0.2) is 5.78 Å². The molecule has 6 heterocycles. The van der Waals surface area contributed by atoms with Crippen LogP contribution in [0.1, 0.15) is 70.6 Å². The van der Waals surface area contributed by atoms with E-state index in [-0.39, 0.29) is 59.9 Å². The monoisotopic (exact) mass is 769 g/mol. The number of rotatable bonds is 10. The van der Waals surface area contributed by atoms with Gasteiger partial charge in [0.25, 0.3) is 5.91 Å². The van der Waals surface area contributed by atoms with Crippen molar-refractivity contribution in [1.29, 1.82) is 0 Å². The minimum Gasteiger partial charge on any atom is -0.374 e. The number of carbonyl (C=O) groups is 3. The number of Topliss-reactive ketones (excluding diaryl/α,β-unsaturated/α-hetero) is 1. The van der Waals surface area contributed by atoms with Crippen LogP contribution in [0.4, 0.5) is 4.39 Å². The Kier molecular flexibility index (Phi) is 11.6. The zero-order valence-electron chi connectivity index (χ0n) is 32.8. The van der Waals surface area contributed by atoms with Gasteiger partial charge in [-0.2, -0.15) is 0 Å². The van der Waals surface area contributed by atoms with Gasteiger partial charge in [-0.15, -0.1) is 0 Å². The summed E-state index contributed by atoms with van der Waals surface area (Å²) in [6.45, 7) is 9.69. The van der Waals surface area contributed by atoms with Crippen LogP contribution in [0.25, 0.3) is 0 Å². The van der Waals surface area contributed by atoms with E-state index in [0.29, 0.717) is 50.7 Å². The topological polar surface area (TPSA) is 119 Å². The van der Waals surface area contributed by atoms with Crippen LogP contribution in [0, 0.1) is 17.8 Å². The van der Waals surface area contributed by atoms with Crippen LogP contribution < -0.4 is 10.6 Å². The van der Waals surface area contributed by atoms with Gasteiger partial charge in [-0.1, -0.05) is 12.8 Å². The molecule has 9 rings (SSSR count). The lowest BCUT2D eigenvalue weighted by Gasteiger charge is -2.61. The average molecular weight is 770 g/mol. The number of morpholine rings is 1. The predicted molar refractivity (Wildman–Crippen MR) is 203 cm³/mol. The standard InChI is InChI=1S/C41H64FN7O6/c1-45-15-17-46(18-16-45)13-9-36(50)44-26-8-14-48(23-26)38-31(42)20-29-37-40(38)55-35-21-28-27-6-2-3-7-33(27)54-34(28)22-32(35)49(37)24-30(39(29)51)41(52)43-10-4-11-47-12-5-19-53-25-47/h24,26-29,31-35,37-38,40H,2-23,25H2,1H3,(H,43,52)(H,44,50)/t26-,27?,28?,29?,31?,32?,33?,34?,35?,37?,38?,40?/m1/s1. The molecular weight excluding hydrogens is 705 g/mol. The van der Waals surface area contributed by atoms with Crippen molar-refractivity contribution in [1.82, 2.24) is 35.1 Å². The van der Waals surface area contributed by atoms with Crippen molar-refractivity contribution in [3.8, 4) is 0 Å². The number of hydrogen-bond acceptors (Lipinski definition) is 11. The van der Waals surface area contributed by atoms with Gasteiger partial charge in [0, 0.05) is 96.6 Å². The Morgan fingerprint density at radius 2 is 1.73 bits per heavy atom. The summed E-state index contributed by atoms with van der Waals surface area (Å²) >= 11 is 0. The number of alkyl halides is 1. The number of carbonyl (C=O) groups excluding carboxylic acids is 3. The lowest BCUT2D eigenvalue weighted by molar-refractivity contribution is -0.220. The van der Waals surface area contributed by atoms with Crippen LogP contribution in [-0.2, 0) is 28.6 Å². The Morgan fingerprint density at radius 3 is 2.56 bits per heavy atom. The Morgan fingerprint density at radius 1 is 0.873 bits per heavy atom. The summed E-state index contributed by atoms with van der Waals surface area (Å²) in [7, 11) is 2.13. The van der Waals surface area contributed by atoms with Crippen LogP contribution in [0.2, 0.25) is 0 Å². The quantitative estimate of drug-likeness (QED) is 0.248. The van der Waals surface area contributed by atoms with E-state index in [4.69, 9.17) is 14.2 Å². The number of nitrogens with one attached hydrogen (secondary N) is 2. The van der Waals surface area contributed by atoms with Gasteiger partial charge in [-0.25, -0.2) is 4.39 Å². The second kappa shape index (κ2) is 16.6. The number of fused-ring (bicyclic) bond motifs is 5. The number of piperazine rings is 1. The SMILES string of the molecule is CN1CCN(CCC(=O)N[C@@H]2CCN(C3C(F)CC4C(=O)C(C(=O)NCCCN5CCCOC5)=CN5C6CC7OC8CCCCC8C7CC6OC3C45)C2)CC1. The second-order valence-electron chi connectivity index (χ2n) is 18.3. The minimum absolute atomic E-state index is 0.0390. The van der Waals surface area contributed by atoms with Crippen LogP contribution in [0.5, 0.6) is 0 Å². The predicted octanol–water partition coefficient (Wildman–Crippen LogP) is 1.37. The van der Waals surface area contributed by atoms with E-state index in [9.17, 15) is 14.4 Å². The number of nitrogens with zero attached hydrogens (tertiary/aromatic N) is 5. The molecule has 0 radical (unpaired) electrons. The third-order valence-corrected chi connectivity index (χ3v) is 14.9. The van der Waals surface area contributed by atoms with Crippen molar-refractivity contribution in [2.75, 3.05) is 85.8 Å². The van der Waals surface area contributed by atoms with E-state index in [1.807, 2.05) is 6.20 Å². The molecule has 8 fully saturated rings. The number of amides is 2. The molecule has 14 heteroatoms. The highest BCUT2D eigenvalue weighted by Crippen LogP contribution is 2.53. The summed E-state index contributed by atoms with van der Waals surface area (Å²) in [6, 6.07) is -0.953. The van der Waals surface area contributed by atoms with Gasteiger partial charge < -0.3 is 39.5 Å². The van der Waals surface area contributed by atoms with Gasteiger partial charge in [-0.3, -0.25) is 24.2 Å². The molecule has 2 amide bonds. The Balaban J connectivity index is 0.905. The maximum absolute atomic E-state index is 16.8. The Bertz CT molecular complexity index is 1440. The van der Waals surface area contributed by atoms with Crippen molar-refractivity contribution >= 4 is 17.6 Å². The van der Waals surface area contributed by atoms with E-state index in [0.717, 1.165) is 90.9 Å². The van der Waals surface area contributed by atoms with Crippen molar-refractivity contribution in [2.24, 2.45) is 17.8 Å². The number of ketones is 1. The first kappa shape index (κ1) is 38.3. The lowest BCUT2D eigenvalue weighted by Crippen LogP contribution is -2.73. The van der Waals surface area contributed by atoms with Crippen LogP contribution in [0.15, 0.2) is 11.8 Å². The number of halogens is 1. The molecule has 0 bridgehead atoms. The first-order valence-corrected chi connectivity index (χ1v) is 21.8. The molecule has 9 aliphatic rings. The fraction of sp³-hybridized carbons (Fsp3) is 0.878. The zero-order valence-corrected chi connectivity index (χ0v) is 32.8. The largest absolute Gasteiger partial charge is 0.374 e. The summed E-state index contributed by atoms with van der Waals surface area (Å²) in [5.41, 5.74) is 0.149. The highest BCUT2D eigenvalue weighted by atomic mass is 19.1. The minimum atomic E-state index is -1.29. The Hall–Kier alpha value is -2.20. The fourth-order valence-corrected chi connectivity index (χ4v) is 12.0. The van der Waals surface area contributed by atoms with Crippen molar-refractivity contribution in [3.63, 3.8) is 0 Å². The molecule has 13 nitrogen and oxygen atoms in total. The molecule has 12 atom stereocenters. The average Bonchev–Trinajstić information content (AvgIpc) is 3.80. The summed E-state index contributed by atoms with van der Waals surface area (Å²) in [5, 5.41) is 6.29. The van der Waals surface area contributed by atoms with Crippen LogP contribution >= 0.6 is 0 Å². The van der Waals surface area contributed by atoms with Crippen molar-refractivity contribution < 1.29 is 33.0 Å². The molecule has 55 heavy (non-hydrogen) atoms. The maximum Gasteiger partial charge on any atom is 0.256 e. The van der Waals surface area contributed by atoms with Crippen LogP contribution in [0.3, 0.4) is 0 Å². The third-order valence-electron chi connectivity index (χ3n) is 14.9. The van der Waals surface area contributed by atoms with Crippen molar-refractivity contribution in [2.45, 2.75) is 125 Å². The van der Waals surface area contributed by atoms with Gasteiger partial charge >= 0.3 is 0 Å². The second-order valence-corrected chi connectivity index (χ2v) is 18.3. The van der Waals surface area contributed by atoms with E-state index in [1.54, 1.807) is 0 Å². The zero-order chi connectivity index (χ0) is 37.6. The summed E-state index contributed by atoms with van der Waals surface area (Å²) in [5.74, 6) is -0.271. The first-order chi connectivity index (χ1) is 26.8. The molecule has 3 aliphatic carbocycles. The molecule has 0 aromatic rings. The molecule has 11 unspecified atom stereocenters. The molecule has 5 saturated heterocycles. The highest BCUT2D eigenvalue weighted by molar-refractivity contribution is 6.20. The van der Waals surface area contributed by atoms with E-state index < -0.39 is 24.2 Å². The maximum atomic E-state index is 16.8. The molecule has 2 N–H and O–H groups in total. The molecule has 306 valence electrons. The summed E-state index contributed by atoms with van der Waals surface area (Å²) in [6.07, 6.45) is 9.82. The summed E-state index contributed by atoms with van der Waals surface area (Å²) < 4.78 is 36.3. The molecule has 6 aliphatic heterocycles. The lowest BCUT2D eigenvalue weighted by atomic mass is 9.67. The first-order valence-electron chi connectivity index (χ1n) is 21.8. The van der Waals surface area contributed by atoms with Crippen LogP contribution in [-0.4, -0.2) is 183 Å². The van der Waals surface area contributed by atoms with Gasteiger partial charge in [0.2, 0.25) is 5.91 Å². The molecular formula is C41H64FN7O6. The summed E-state index contributed by atoms with van der Waals surface area (Å²) in [4.78, 5) is 52.5. The number of ether oxygens (including phenoxy) is 3. The van der Waals surface area contributed by atoms with E-state index >= 15 is 4.39 Å². The number of likely N-dealkylation sites (N-methyl/N-ethyl adjacent to an activating group) is 1. The third kappa shape index (κ3) is 7.87. The fourth-order valence-electron chi connectivity index (χ4n) is 12.0.